The summed E-state index contributed by atoms with van der Waals surface area (Å²) in [5, 5.41) is 0. The molecule has 0 saturated carbocycles. The molecule has 2 nitrogen and oxygen atoms in total. The molecular formula is C15H13FO2. The average molecular weight is 244 g/mol. The van der Waals surface area contributed by atoms with Crippen LogP contribution in [0.15, 0.2) is 40.8 Å². The van der Waals surface area contributed by atoms with E-state index in [1.54, 1.807) is 38.1 Å². The molecule has 0 aliphatic heterocycles. The lowest BCUT2D eigenvalue weighted by atomic mass is 10.1. The van der Waals surface area contributed by atoms with Gasteiger partial charge in [-0.3, -0.25) is 4.79 Å². The number of rotatable bonds is 3. The van der Waals surface area contributed by atoms with Crippen LogP contribution in [-0.4, -0.2) is 5.78 Å². The number of aryl methyl sites for hydroxylation is 2. The van der Waals surface area contributed by atoms with Crippen LogP contribution in [0.1, 0.15) is 27.4 Å². The standard InChI is InChI=1S/C15H13FO2/c1-10-8-14(11(2)18-10)15(17)7-6-12-4-3-5-13(16)9-12/h3-9H,1-2H3/b7-6+. The van der Waals surface area contributed by atoms with Crippen molar-refractivity contribution in [2.24, 2.45) is 0 Å². The van der Waals surface area contributed by atoms with Crippen molar-refractivity contribution in [3.63, 3.8) is 0 Å². The van der Waals surface area contributed by atoms with Crippen LogP contribution in [0.3, 0.4) is 0 Å². The van der Waals surface area contributed by atoms with Crippen molar-refractivity contribution in [1.82, 2.24) is 0 Å². The van der Waals surface area contributed by atoms with Gasteiger partial charge in [0, 0.05) is 0 Å². The van der Waals surface area contributed by atoms with Gasteiger partial charge in [0.1, 0.15) is 17.3 Å². The highest BCUT2D eigenvalue weighted by Gasteiger charge is 2.10. The number of halogens is 1. The van der Waals surface area contributed by atoms with Gasteiger partial charge in [-0.1, -0.05) is 18.2 Å². The second-order valence-corrected chi connectivity index (χ2v) is 4.08. The number of carbonyl (C=O) groups is 1. The SMILES string of the molecule is Cc1cc(C(=O)/C=C/c2cccc(F)c2)c(C)o1. The van der Waals surface area contributed by atoms with Crippen LogP contribution < -0.4 is 0 Å². The first-order valence-corrected chi connectivity index (χ1v) is 5.61. The highest BCUT2D eigenvalue weighted by molar-refractivity contribution is 6.07. The predicted octanol–water partition coefficient (Wildman–Crippen LogP) is 3.93. The van der Waals surface area contributed by atoms with Gasteiger partial charge in [-0.15, -0.1) is 0 Å². The molecule has 0 radical (unpaired) electrons. The van der Waals surface area contributed by atoms with E-state index in [2.05, 4.69) is 0 Å². The van der Waals surface area contributed by atoms with Gasteiger partial charge in [0.15, 0.2) is 5.78 Å². The van der Waals surface area contributed by atoms with E-state index in [0.29, 0.717) is 22.6 Å². The van der Waals surface area contributed by atoms with E-state index in [9.17, 15) is 9.18 Å². The minimum absolute atomic E-state index is 0.145. The second kappa shape index (κ2) is 5.00. The highest BCUT2D eigenvalue weighted by Crippen LogP contribution is 2.15. The summed E-state index contributed by atoms with van der Waals surface area (Å²) < 4.78 is 18.2. The average Bonchev–Trinajstić information content (AvgIpc) is 2.66. The number of carbonyl (C=O) groups excluding carboxylic acids is 1. The van der Waals surface area contributed by atoms with Crippen LogP contribution in [0, 0.1) is 19.7 Å². The molecular weight excluding hydrogens is 231 g/mol. The maximum Gasteiger partial charge on any atom is 0.189 e. The van der Waals surface area contributed by atoms with Crippen LogP contribution in [0.2, 0.25) is 0 Å². The molecule has 0 unspecified atom stereocenters. The molecule has 2 rings (SSSR count). The zero-order valence-electron chi connectivity index (χ0n) is 10.2. The molecule has 0 bridgehead atoms. The fourth-order valence-corrected chi connectivity index (χ4v) is 1.75. The summed E-state index contributed by atoms with van der Waals surface area (Å²) in [6.07, 6.45) is 3.01. The maximum absolute atomic E-state index is 12.9. The number of hydrogen-bond donors (Lipinski definition) is 0. The summed E-state index contributed by atoms with van der Waals surface area (Å²) in [4.78, 5) is 11.9. The monoisotopic (exact) mass is 244 g/mol. The molecule has 2 aromatic rings. The summed E-state index contributed by atoms with van der Waals surface area (Å²) in [7, 11) is 0. The Balaban J connectivity index is 2.19. The molecule has 0 fully saturated rings. The Morgan fingerprint density at radius 2 is 2.06 bits per heavy atom. The van der Waals surface area contributed by atoms with Crippen molar-refractivity contribution >= 4 is 11.9 Å². The maximum atomic E-state index is 12.9. The topological polar surface area (TPSA) is 30.2 Å². The van der Waals surface area contributed by atoms with Gasteiger partial charge in [0.25, 0.3) is 0 Å². The fraction of sp³-hybridized carbons (Fsp3) is 0.133. The Morgan fingerprint density at radius 1 is 1.28 bits per heavy atom. The van der Waals surface area contributed by atoms with E-state index in [0.717, 1.165) is 0 Å². The van der Waals surface area contributed by atoms with Crippen molar-refractivity contribution in [3.8, 4) is 0 Å². The molecule has 0 atom stereocenters. The highest BCUT2D eigenvalue weighted by atomic mass is 19.1. The smallest absolute Gasteiger partial charge is 0.189 e. The largest absolute Gasteiger partial charge is 0.466 e. The number of furan rings is 1. The number of benzene rings is 1. The molecule has 1 aromatic carbocycles. The van der Waals surface area contributed by atoms with E-state index < -0.39 is 0 Å². The number of allylic oxidation sites excluding steroid dienone is 1. The van der Waals surface area contributed by atoms with Crippen molar-refractivity contribution in [3.05, 3.63) is 64.9 Å². The Morgan fingerprint density at radius 3 is 2.67 bits per heavy atom. The first-order valence-electron chi connectivity index (χ1n) is 5.61. The van der Waals surface area contributed by atoms with Crippen molar-refractivity contribution in [2.75, 3.05) is 0 Å². The zero-order chi connectivity index (χ0) is 13.1. The quantitative estimate of drug-likeness (QED) is 0.605. The van der Waals surface area contributed by atoms with Crippen molar-refractivity contribution in [2.45, 2.75) is 13.8 Å². The van der Waals surface area contributed by atoms with E-state index in [1.807, 2.05) is 0 Å². The molecule has 0 N–H and O–H groups in total. The van der Waals surface area contributed by atoms with E-state index in [4.69, 9.17) is 4.42 Å². The molecule has 0 saturated heterocycles. The lowest BCUT2D eigenvalue weighted by Gasteiger charge is -1.94. The second-order valence-electron chi connectivity index (χ2n) is 4.08. The van der Waals surface area contributed by atoms with Gasteiger partial charge in [0.2, 0.25) is 0 Å². The third kappa shape index (κ3) is 2.74. The van der Waals surface area contributed by atoms with Gasteiger partial charge < -0.3 is 4.42 Å². The van der Waals surface area contributed by atoms with Crippen LogP contribution in [0.4, 0.5) is 4.39 Å². The van der Waals surface area contributed by atoms with Gasteiger partial charge in [-0.25, -0.2) is 4.39 Å². The van der Waals surface area contributed by atoms with Gasteiger partial charge >= 0.3 is 0 Å². The van der Waals surface area contributed by atoms with E-state index in [-0.39, 0.29) is 11.6 Å². The predicted molar refractivity (Wildman–Crippen MR) is 67.9 cm³/mol. The van der Waals surface area contributed by atoms with Crippen LogP contribution in [0.5, 0.6) is 0 Å². The molecule has 3 heteroatoms. The van der Waals surface area contributed by atoms with Gasteiger partial charge in [0.05, 0.1) is 5.56 Å². The third-order valence-corrected chi connectivity index (χ3v) is 2.58. The Bertz CT molecular complexity index is 609. The summed E-state index contributed by atoms with van der Waals surface area (Å²) in [5.41, 5.74) is 1.20. The summed E-state index contributed by atoms with van der Waals surface area (Å²) >= 11 is 0. The van der Waals surface area contributed by atoms with Crippen LogP contribution in [0.25, 0.3) is 6.08 Å². The molecule has 92 valence electrons. The first kappa shape index (κ1) is 12.3. The zero-order valence-corrected chi connectivity index (χ0v) is 10.2. The minimum atomic E-state index is -0.320. The number of ketones is 1. The molecule has 18 heavy (non-hydrogen) atoms. The van der Waals surface area contributed by atoms with E-state index in [1.165, 1.54) is 18.2 Å². The van der Waals surface area contributed by atoms with Gasteiger partial charge in [-0.05, 0) is 43.7 Å². The molecule has 0 aliphatic carbocycles. The molecule has 1 heterocycles. The lowest BCUT2D eigenvalue weighted by Crippen LogP contribution is -1.93. The summed E-state index contributed by atoms with van der Waals surface area (Å²) in [6.45, 7) is 3.54. The normalized spacial score (nSPS) is 11.1. The third-order valence-electron chi connectivity index (χ3n) is 2.58. The Labute approximate surface area is 105 Å². The summed E-state index contributed by atoms with van der Waals surface area (Å²) in [6, 6.07) is 7.78. The first-order chi connectivity index (χ1) is 8.56. The lowest BCUT2D eigenvalue weighted by molar-refractivity contribution is 0.104. The van der Waals surface area contributed by atoms with Gasteiger partial charge in [-0.2, -0.15) is 0 Å². The van der Waals surface area contributed by atoms with Crippen LogP contribution >= 0.6 is 0 Å². The summed E-state index contributed by atoms with van der Waals surface area (Å²) in [5.74, 6) is 0.838. The fourth-order valence-electron chi connectivity index (χ4n) is 1.75. The number of hydrogen-bond acceptors (Lipinski definition) is 2. The molecule has 1 aromatic heterocycles. The molecule has 0 aliphatic rings. The minimum Gasteiger partial charge on any atom is -0.466 e. The van der Waals surface area contributed by atoms with E-state index >= 15 is 0 Å². The Kier molecular flexibility index (Phi) is 3.42. The van der Waals surface area contributed by atoms with Crippen molar-refractivity contribution in [1.29, 1.82) is 0 Å². The van der Waals surface area contributed by atoms with Crippen LogP contribution in [-0.2, 0) is 0 Å². The van der Waals surface area contributed by atoms with Crippen molar-refractivity contribution < 1.29 is 13.6 Å². The molecule has 0 amide bonds. The Hall–Kier alpha value is -2.16. The molecule has 0 spiro atoms.